The van der Waals surface area contributed by atoms with Crippen LogP contribution in [0.2, 0.25) is 0 Å². The highest BCUT2D eigenvalue weighted by Crippen LogP contribution is 2.29. The molecule has 18 heavy (non-hydrogen) atoms. The van der Waals surface area contributed by atoms with Crippen LogP contribution >= 0.6 is 24.8 Å². The lowest BCUT2D eigenvalue weighted by Gasteiger charge is -2.32. The molecule has 1 saturated carbocycles. The molecule has 0 aromatic heterocycles. The predicted molar refractivity (Wildman–Crippen MR) is 78.5 cm³/mol. The minimum Gasteiger partial charge on any atom is -0.352 e. The monoisotopic (exact) mass is 297 g/mol. The molecule has 1 amide bonds. The van der Waals surface area contributed by atoms with Gasteiger partial charge < -0.3 is 16.0 Å². The van der Waals surface area contributed by atoms with Gasteiger partial charge in [-0.2, -0.15) is 0 Å². The lowest BCUT2D eigenvalue weighted by molar-refractivity contribution is -0.123. The number of nitrogens with two attached hydrogens (primary N) is 1. The van der Waals surface area contributed by atoms with Crippen LogP contribution in [-0.4, -0.2) is 42.0 Å². The van der Waals surface area contributed by atoms with Crippen molar-refractivity contribution in [2.24, 2.45) is 5.73 Å². The summed E-state index contributed by atoms with van der Waals surface area (Å²) in [6, 6.07) is 0.871. The third kappa shape index (κ3) is 4.92. The number of amides is 1. The number of hydrogen-bond acceptors (Lipinski definition) is 3. The Kier molecular flexibility index (Phi) is 8.19. The Hall–Kier alpha value is -0.0300. The van der Waals surface area contributed by atoms with Crippen molar-refractivity contribution in [2.45, 2.75) is 57.2 Å². The van der Waals surface area contributed by atoms with E-state index in [1.807, 2.05) is 6.92 Å². The number of nitrogens with one attached hydrogen (secondary N) is 1. The van der Waals surface area contributed by atoms with E-state index in [0.29, 0.717) is 12.5 Å². The summed E-state index contributed by atoms with van der Waals surface area (Å²) < 4.78 is 0. The SMILES string of the molecule is CC[C@H](N)C(=O)NC1CCN(C2CC2)CC1.Cl.Cl. The zero-order valence-electron chi connectivity index (χ0n) is 10.9. The van der Waals surface area contributed by atoms with E-state index >= 15 is 0 Å². The molecule has 108 valence electrons. The molecule has 1 aliphatic carbocycles. The van der Waals surface area contributed by atoms with Crippen LogP contribution < -0.4 is 11.1 Å². The molecule has 0 unspecified atom stereocenters. The first-order valence-corrected chi connectivity index (χ1v) is 6.50. The van der Waals surface area contributed by atoms with Gasteiger partial charge in [0.05, 0.1) is 6.04 Å². The topological polar surface area (TPSA) is 58.4 Å². The van der Waals surface area contributed by atoms with E-state index in [-0.39, 0.29) is 36.8 Å². The first kappa shape index (κ1) is 18.0. The molecule has 6 heteroatoms. The summed E-state index contributed by atoms with van der Waals surface area (Å²) in [6.07, 6.45) is 5.62. The molecular weight excluding hydrogens is 273 g/mol. The molecule has 0 aromatic carbocycles. The van der Waals surface area contributed by atoms with Crippen molar-refractivity contribution in [3.05, 3.63) is 0 Å². The Morgan fingerprint density at radius 3 is 2.28 bits per heavy atom. The van der Waals surface area contributed by atoms with Gasteiger partial charge in [0.1, 0.15) is 0 Å². The molecule has 1 atom stereocenters. The number of nitrogens with zero attached hydrogens (tertiary/aromatic N) is 1. The van der Waals surface area contributed by atoms with Crippen LogP contribution in [-0.2, 0) is 4.79 Å². The Bertz CT molecular complexity index is 254. The number of piperidine rings is 1. The second kappa shape index (κ2) is 8.20. The highest BCUT2D eigenvalue weighted by molar-refractivity contribution is 5.85. The molecule has 2 fully saturated rings. The molecule has 4 nitrogen and oxygen atoms in total. The van der Waals surface area contributed by atoms with Crippen molar-refractivity contribution in [1.29, 1.82) is 0 Å². The van der Waals surface area contributed by atoms with E-state index in [4.69, 9.17) is 5.73 Å². The van der Waals surface area contributed by atoms with Gasteiger partial charge in [-0.05, 0) is 32.1 Å². The highest BCUT2D eigenvalue weighted by Gasteiger charge is 2.32. The largest absolute Gasteiger partial charge is 0.352 e. The number of likely N-dealkylation sites (tertiary alicyclic amines) is 1. The molecule has 0 bridgehead atoms. The van der Waals surface area contributed by atoms with E-state index in [9.17, 15) is 4.79 Å². The predicted octanol–water partition coefficient (Wildman–Crippen LogP) is 1.31. The second-order valence-corrected chi connectivity index (χ2v) is 5.06. The molecule has 1 heterocycles. The fourth-order valence-electron chi connectivity index (χ4n) is 2.34. The lowest BCUT2D eigenvalue weighted by Crippen LogP contribution is -2.49. The third-order valence-corrected chi connectivity index (χ3v) is 3.72. The minimum atomic E-state index is -0.332. The van der Waals surface area contributed by atoms with Gasteiger partial charge in [0.15, 0.2) is 0 Å². The summed E-state index contributed by atoms with van der Waals surface area (Å²) >= 11 is 0. The Labute approximate surface area is 122 Å². The van der Waals surface area contributed by atoms with Crippen LogP contribution in [0.3, 0.4) is 0 Å². The van der Waals surface area contributed by atoms with E-state index in [1.165, 1.54) is 12.8 Å². The fourth-order valence-corrected chi connectivity index (χ4v) is 2.34. The van der Waals surface area contributed by atoms with Crippen molar-refractivity contribution in [3.8, 4) is 0 Å². The van der Waals surface area contributed by atoms with Crippen LogP contribution in [0.25, 0.3) is 0 Å². The molecule has 0 radical (unpaired) electrons. The first-order valence-electron chi connectivity index (χ1n) is 6.50. The normalized spacial score (nSPS) is 22.6. The maximum Gasteiger partial charge on any atom is 0.237 e. The van der Waals surface area contributed by atoms with Gasteiger partial charge in [-0.25, -0.2) is 0 Å². The van der Waals surface area contributed by atoms with Gasteiger partial charge in [0.2, 0.25) is 5.91 Å². The molecule has 0 spiro atoms. The molecule has 2 rings (SSSR count). The summed E-state index contributed by atoms with van der Waals surface area (Å²) in [7, 11) is 0. The Balaban J connectivity index is 0.00000144. The average Bonchev–Trinajstić information content (AvgIpc) is 3.13. The Morgan fingerprint density at radius 2 is 1.83 bits per heavy atom. The van der Waals surface area contributed by atoms with E-state index < -0.39 is 0 Å². The second-order valence-electron chi connectivity index (χ2n) is 5.06. The molecule has 2 aliphatic rings. The summed E-state index contributed by atoms with van der Waals surface area (Å²) in [6.45, 7) is 4.22. The van der Waals surface area contributed by atoms with Crippen LogP contribution in [0.15, 0.2) is 0 Å². The fraction of sp³-hybridized carbons (Fsp3) is 0.917. The van der Waals surface area contributed by atoms with Crippen LogP contribution in [0.4, 0.5) is 0 Å². The summed E-state index contributed by atoms with van der Waals surface area (Å²) in [5.41, 5.74) is 5.70. The summed E-state index contributed by atoms with van der Waals surface area (Å²) in [5, 5.41) is 3.06. The van der Waals surface area contributed by atoms with E-state index in [1.54, 1.807) is 0 Å². The molecule has 0 aromatic rings. The van der Waals surface area contributed by atoms with Crippen LogP contribution in [0, 0.1) is 0 Å². The average molecular weight is 298 g/mol. The number of halogens is 2. The van der Waals surface area contributed by atoms with Gasteiger partial charge in [-0.3, -0.25) is 4.79 Å². The number of hydrogen-bond donors (Lipinski definition) is 2. The zero-order valence-corrected chi connectivity index (χ0v) is 12.6. The maximum absolute atomic E-state index is 11.6. The summed E-state index contributed by atoms with van der Waals surface area (Å²) in [4.78, 5) is 14.2. The number of carbonyl (C=O) groups is 1. The van der Waals surface area contributed by atoms with Gasteiger partial charge in [0, 0.05) is 25.2 Å². The van der Waals surface area contributed by atoms with Crippen molar-refractivity contribution >= 4 is 30.7 Å². The van der Waals surface area contributed by atoms with Gasteiger partial charge in [-0.15, -0.1) is 24.8 Å². The van der Waals surface area contributed by atoms with Gasteiger partial charge >= 0.3 is 0 Å². The maximum atomic E-state index is 11.6. The Morgan fingerprint density at radius 1 is 1.28 bits per heavy atom. The molecule has 3 N–H and O–H groups in total. The molecule has 1 aliphatic heterocycles. The van der Waals surface area contributed by atoms with Crippen molar-refractivity contribution < 1.29 is 4.79 Å². The third-order valence-electron chi connectivity index (χ3n) is 3.72. The van der Waals surface area contributed by atoms with Crippen LogP contribution in [0.5, 0.6) is 0 Å². The smallest absolute Gasteiger partial charge is 0.237 e. The van der Waals surface area contributed by atoms with Crippen molar-refractivity contribution in [3.63, 3.8) is 0 Å². The molecule has 1 saturated heterocycles. The lowest BCUT2D eigenvalue weighted by atomic mass is 10.0. The number of rotatable bonds is 4. The highest BCUT2D eigenvalue weighted by atomic mass is 35.5. The number of carbonyl (C=O) groups excluding carboxylic acids is 1. The quantitative estimate of drug-likeness (QED) is 0.823. The minimum absolute atomic E-state index is 0. The standard InChI is InChI=1S/C12H23N3O.2ClH/c1-2-11(13)12(16)14-9-5-7-15(8-6-9)10-3-4-10;;/h9-11H,2-8,13H2,1H3,(H,14,16);2*1H/t11-;;/m0../s1. The van der Waals surface area contributed by atoms with Gasteiger partial charge in [-0.1, -0.05) is 6.92 Å². The van der Waals surface area contributed by atoms with Gasteiger partial charge in [0.25, 0.3) is 0 Å². The van der Waals surface area contributed by atoms with Crippen LogP contribution in [0.1, 0.15) is 39.0 Å². The van der Waals surface area contributed by atoms with Crippen molar-refractivity contribution in [1.82, 2.24) is 10.2 Å². The van der Waals surface area contributed by atoms with E-state index in [0.717, 1.165) is 32.0 Å². The van der Waals surface area contributed by atoms with E-state index in [2.05, 4.69) is 10.2 Å². The molecular formula is C12H25Cl2N3O. The summed E-state index contributed by atoms with van der Waals surface area (Å²) in [5.74, 6) is 0.0207. The van der Waals surface area contributed by atoms with Crippen molar-refractivity contribution in [2.75, 3.05) is 13.1 Å². The zero-order chi connectivity index (χ0) is 11.5. The first-order chi connectivity index (χ1) is 7.70.